The van der Waals surface area contributed by atoms with Crippen LogP contribution in [0.3, 0.4) is 0 Å². The first kappa shape index (κ1) is 16.2. The summed E-state index contributed by atoms with van der Waals surface area (Å²) in [5, 5.41) is 2.86. The van der Waals surface area contributed by atoms with Crippen LogP contribution in [0.2, 0.25) is 0 Å². The van der Waals surface area contributed by atoms with Crippen LogP contribution in [0.4, 0.5) is 15.8 Å². The maximum absolute atomic E-state index is 12.9. The number of carbonyl (C=O) groups excluding carboxylic acids is 1. The van der Waals surface area contributed by atoms with E-state index in [4.69, 9.17) is 5.73 Å². The Kier molecular flexibility index (Phi) is 4.92. The van der Waals surface area contributed by atoms with Crippen LogP contribution in [-0.4, -0.2) is 13.0 Å². The molecule has 0 radical (unpaired) electrons. The SMILES string of the molecule is C[C@@H](NC(=O)c1cc(N)cc(N(C)S)c1)c1ccc(F)cc1. The van der Waals surface area contributed by atoms with Gasteiger partial charge in [-0.05, 0) is 42.8 Å². The quantitative estimate of drug-likeness (QED) is 0.599. The van der Waals surface area contributed by atoms with Crippen LogP contribution < -0.4 is 15.4 Å². The summed E-state index contributed by atoms with van der Waals surface area (Å²) < 4.78 is 14.5. The summed E-state index contributed by atoms with van der Waals surface area (Å²) in [4.78, 5) is 12.3. The molecule has 0 aliphatic rings. The standard InChI is InChI=1S/C16H18FN3OS/c1-10(11-3-5-13(17)6-4-11)19-16(21)12-7-14(18)9-15(8-12)20(2)22/h3-10,22H,18H2,1-2H3,(H,19,21)/t10-/m1/s1. The van der Waals surface area contributed by atoms with E-state index in [1.54, 1.807) is 41.7 Å². The fraction of sp³-hybridized carbons (Fsp3) is 0.188. The van der Waals surface area contributed by atoms with Gasteiger partial charge >= 0.3 is 0 Å². The molecule has 0 aromatic heterocycles. The maximum Gasteiger partial charge on any atom is 0.251 e. The number of hydrogen-bond donors (Lipinski definition) is 3. The Morgan fingerprint density at radius 3 is 2.50 bits per heavy atom. The van der Waals surface area contributed by atoms with Gasteiger partial charge in [0.2, 0.25) is 0 Å². The molecule has 0 bridgehead atoms. The van der Waals surface area contributed by atoms with Crippen molar-refractivity contribution in [2.24, 2.45) is 0 Å². The molecule has 0 aliphatic carbocycles. The number of benzene rings is 2. The Balaban J connectivity index is 2.16. The van der Waals surface area contributed by atoms with Gasteiger partial charge < -0.3 is 15.4 Å². The van der Waals surface area contributed by atoms with Gasteiger partial charge in [0.15, 0.2) is 0 Å². The third-order valence-electron chi connectivity index (χ3n) is 3.29. The number of anilines is 2. The van der Waals surface area contributed by atoms with Crippen LogP contribution in [0, 0.1) is 5.82 Å². The third kappa shape index (κ3) is 3.92. The zero-order valence-electron chi connectivity index (χ0n) is 12.4. The van der Waals surface area contributed by atoms with Gasteiger partial charge in [-0.25, -0.2) is 4.39 Å². The van der Waals surface area contributed by atoms with E-state index >= 15 is 0 Å². The van der Waals surface area contributed by atoms with Crippen molar-refractivity contribution in [1.82, 2.24) is 5.32 Å². The molecule has 0 saturated heterocycles. The number of nitrogens with two attached hydrogens (primary N) is 1. The van der Waals surface area contributed by atoms with Gasteiger partial charge in [0.05, 0.1) is 6.04 Å². The van der Waals surface area contributed by atoms with E-state index in [9.17, 15) is 9.18 Å². The lowest BCUT2D eigenvalue weighted by Crippen LogP contribution is -2.26. The van der Waals surface area contributed by atoms with E-state index in [1.165, 1.54) is 12.1 Å². The van der Waals surface area contributed by atoms with E-state index in [0.29, 0.717) is 11.3 Å². The molecule has 116 valence electrons. The number of carbonyl (C=O) groups is 1. The van der Waals surface area contributed by atoms with Gasteiger partial charge in [-0.1, -0.05) is 24.9 Å². The van der Waals surface area contributed by atoms with Gasteiger partial charge in [0.25, 0.3) is 5.91 Å². The minimum atomic E-state index is -0.306. The first-order chi connectivity index (χ1) is 10.4. The van der Waals surface area contributed by atoms with E-state index in [-0.39, 0.29) is 17.8 Å². The molecular formula is C16H18FN3OS. The van der Waals surface area contributed by atoms with Crippen LogP contribution >= 0.6 is 12.8 Å². The number of rotatable bonds is 4. The Labute approximate surface area is 134 Å². The van der Waals surface area contributed by atoms with Crippen LogP contribution in [0.25, 0.3) is 0 Å². The fourth-order valence-electron chi connectivity index (χ4n) is 2.07. The first-order valence-electron chi connectivity index (χ1n) is 6.76. The Hall–Kier alpha value is -2.21. The predicted octanol–water partition coefficient (Wildman–Crippen LogP) is 3.18. The second kappa shape index (κ2) is 6.70. The number of nitrogens with zero attached hydrogens (tertiary/aromatic N) is 1. The lowest BCUT2D eigenvalue weighted by molar-refractivity contribution is 0.0940. The van der Waals surface area contributed by atoms with Crippen molar-refractivity contribution in [2.75, 3.05) is 17.1 Å². The molecule has 0 aliphatic heterocycles. The molecule has 4 nitrogen and oxygen atoms in total. The predicted molar refractivity (Wildman–Crippen MR) is 90.5 cm³/mol. The van der Waals surface area contributed by atoms with Gasteiger partial charge in [-0.3, -0.25) is 4.79 Å². The number of hydrogen-bond acceptors (Lipinski definition) is 4. The zero-order valence-corrected chi connectivity index (χ0v) is 13.3. The molecule has 0 unspecified atom stereocenters. The number of halogens is 1. The van der Waals surface area contributed by atoms with E-state index in [0.717, 1.165) is 11.3 Å². The van der Waals surface area contributed by atoms with Gasteiger partial charge in [0, 0.05) is 24.0 Å². The second-order valence-electron chi connectivity index (χ2n) is 5.08. The molecule has 2 aromatic rings. The summed E-state index contributed by atoms with van der Waals surface area (Å²) in [6.07, 6.45) is 0. The fourth-order valence-corrected chi connectivity index (χ4v) is 2.18. The van der Waals surface area contributed by atoms with Crippen LogP contribution in [0.5, 0.6) is 0 Å². The van der Waals surface area contributed by atoms with Crippen molar-refractivity contribution >= 4 is 30.1 Å². The van der Waals surface area contributed by atoms with Crippen molar-refractivity contribution in [3.05, 3.63) is 59.4 Å². The molecule has 1 amide bonds. The highest BCUT2D eigenvalue weighted by Crippen LogP contribution is 2.22. The second-order valence-corrected chi connectivity index (χ2v) is 5.68. The van der Waals surface area contributed by atoms with Crippen LogP contribution in [0.15, 0.2) is 42.5 Å². The average Bonchev–Trinajstić information content (AvgIpc) is 2.47. The molecular weight excluding hydrogens is 301 g/mol. The number of amides is 1. The van der Waals surface area contributed by atoms with Crippen molar-refractivity contribution in [2.45, 2.75) is 13.0 Å². The largest absolute Gasteiger partial charge is 0.399 e. The monoisotopic (exact) mass is 319 g/mol. The lowest BCUT2D eigenvalue weighted by atomic mass is 10.1. The molecule has 0 heterocycles. The normalized spacial score (nSPS) is 11.8. The number of thiol groups is 1. The summed E-state index contributed by atoms with van der Waals surface area (Å²) in [7, 11) is 1.75. The highest BCUT2D eigenvalue weighted by Gasteiger charge is 2.13. The third-order valence-corrected chi connectivity index (χ3v) is 3.52. The molecule has 0 fully saturated rings. The molecule has 3 N–H and O–H groups in total. The van der Waals surface area contributed by atoms with Crippen molar-refractivity contribution in [3.8, 4) is 0 Å². The first-order valence-corrected chi connectivity index (χ1v) is 7.16. The number of nitrogen functional groups attached to an aromatic ring is 1. The smallest absolute Gasteiger partial charge is 0.251 e. The van der Waals surface area contributed by atoms with Crippen molar-refractivity contribution < 1.29 is 9.18 Å². The molecule has 0 spiro atoms. The molecule has 2 rings (SSSR count). The summed E-state index contributed by atoms with van der Waals surface area (Å²) in [6.45, 7) is 1.84. The lowest BCUT2D eigenvalue weighted by Gasteiger charge is -2.17. The zero-order chi connectivity index (χ0) is 16.3. The molecule has 6 heteroatoms. The molecule has 2 aromatic carbocycles. The molecule has 22 heavy (non-hydrogen) atoms. The minimum absolute atomic E-state index is 0.244. The van der Waals surface area contributed by atoms with Gasteiger partial charge in [0.1, 0.15) is 5.82 Å². The van der Waals surface area contributed by atoms with E-state index in [2.05, 4.69) is 18.1 Å². The summed E-state index contributed by atoms with van der Waals surface area (Å²) >= 11 is 4.20. The number of nitrogens with one attached hydrogen (secondary N) is 1. The van der Waals surface area contributed by atoms with Crippen molar-refractivity contribution in [3.63, 3.8) is 0 Å². The maximum atomic E-state index is 12.9. The Morgan fingerprint density at radius 2 is 1.91 bits per heavy atom. The Morgan fingerprint density at radius 1 is 1.27 bits per heavy atom. The van der Waals surface area contributed by atoms with Crippen LogP contribution in [-0.2, 0) is 0 Å². The van der Waals surface area contributed by atoms with Crippen molar-refractivity contribution in [1.29, 1.82) is 0 Å². The summed E-state index contributed by atoms with van der Waals surface area (Å²) in [5.74, 6) is -0.555. The van der Waals surface area contributed by atoms with Crippen LogP contribution in [0.1, 0.15) is 28.9 Å². The van der Waals surface area contributed by atoms with Gasteiger partial charge in [-0.2, -0.15) is 0 Å². The van der Waals surface area contributed by atoms with Gasteiger partial charge in [-0.15, -0.1) is 0 Å². The molecule has 1 atom stereocenters. The van der Waals surface area contributed by atoms with E-state index < -0.39 is 0 Å². The topological polar surface area (TPSA) is 58.4 Å². The highest BCUT2D eigenvalue weighted by molar-refractivity contribution is 7.81. The molecule has 0 saturated carbocycles. The summed E-state index contributed by atoms with van der Waals surface area (Å²) in [6, 6.07) is 10.8. The summed E-state index contributed by atoms with van der Waals surface area (Å²) in [5.41, 5.74) is 8.29. The van der Waals surface area contributed by atoms with E-state index in [1.807, 2.05) is 6.92 Å². The average molecular weight is 319 g/mol. The highest BCUT2D eigenvalue weighted by atomic mass is 32.1. The Bertz CT molecular complexity index is 674. The minimum Gasteiger partial charge on any atom is -0.399 e.